The number of nitrogens with one attached hydrogen (secondary N) is 1. The summed E-state index contributed by atoms with van der Waals surface area (Å²) >= 11 is 7.52. The molecule has 0 aliphatic carbocycles. The van der Waals surface area contributed by atoms with E-state index in [0.29, 0.717) is 34.4 Å². The van der Waals surface area contributed by atoms with Crippen molar-refractivity contribution in [1.82, 2.24) is 5.32 Å². The standard InChI is InChI=1S/C22H21ClFNO2S/c1-15(27-18-10-9-16-5-2-3-6-17(16)13-18)22(26)25-11-12-28-14-19-20(23)7-4-8-21(19)24/h2-10,13,15H,11-12,14H2,1H3,(H,25,26)/t15-/m0/s1. The highest BCUT2D eigenvalue weighted by atomic mass is 35.5. The van der Waals surface area contributed by atoms with E-state index in [-0.39, 0.29) is 11.7 Å². The van der Waals surface area contributed by atoms with Gasteiger partial charge in [-0.25, -0.2) is 4.39 Å². The van der Waals surface area contributed by atoms with Gasteiger partial charge < -0.3 is 10.1 Å². The van der Waals surface area contributed by atoms with Gasteiger partial charge in [-0.15, -0.1) is 0 Å². The number of hydrogen-bond donors (Lipinski definition) is 1. The van der Waals surface area contributed by atoms with Gasteiger partial charge in [0, 0.05) is 28.6 Å². The average molecular weight is 418 g/mol. The molecule has 0 aliphatic rings. The summed E-state index contributed by atoms with van der Waals surface area (Å²) in [6.07, 6.45) is -0.604. The van der Waals surface area contributed by atoms with E-state index in [0.717, 1.165) is 10.8 Å². The second kappa shape index (κ2) is 9.80. The number of carbonyl (C=O) groups is 1. The Kier molecular flexibility index (Phi) is 7.18. The van der Waals surface area contributed by atoms with Gasteiger partial charge in [0.15, 0.2) is 6.10 Å². The molecule has 3 nitrogen and oxygen atoms in total. The number of benzene rings is 3. The highest BCUT2D eigenvalue weighted by molar-refractivity contribution is 7.98. The fourth-order valence-electron chi connectivity index (χ4n) is 2.73. The van der Waals surface area contributed by atoms with Gasteiger partial charge >= 0.3 is 0 Å². The molecule has 28 heavy (non-hydrogen) atoms. The Morgan fingerprint density at radius 3 is 2.71 bits per heavy atom. The topological polar surface area (TPSA) is 38.3 Å². The summed E-state index contributed by atoms with van der Waals surface area (Å²) in [6.45, 7) is 2.19. The summed E-state index contributed by atoms with van der Waals surface area (Å²) in [6, 6.07) is 18.4. The molecule has 146 valence electrons. The smallest absolute Gasteiger partial charge is 0.260 e. The van der Waals surface area contributed by atoms with Gasteiger partial charge in [0.2, 0.25) is 0 Å². The number of rotatable bonds is 8. The molecule has 0 spiro atoms. The molecule has 0 aliphatic heterocycles. The van der Waals surface area contributed by atoms with Gasteiger partial charge in [0.1, 0.15) is 11.6 Å². The number of carbonyl (C=O) groups excluding carboxylic acids is 1. The van der Waals surface area contributed by atoms with Gasteiger partial charge in [0.05, 0.1) is 0 Å². The third-order valence-electron chi connectivity index (χ3n) is 4.26. The van der Waals surface area contributed by atoms with Gasteiger partial charge in [-0.1, -0.05) is 48.0 Å². The van der Waals surface area contributed by atoms with Crippen LogP contribution in [0.2, 0.25) is 5.02 Å². The normalized spacial score (nSPS) is 12.0. The number of halogens is 2. The van der Waals surface area contributed by atoms with E-state index in [9.17, 15) is 9.18 Å². The molecule has 0 aromatic heterocycles. The summed E-state index contributed by atoms with van der Waals surface area (Å²) in [5.41, 5.74) is 0.494. The predicted molar refractivity (Wildman–Crippen MR) is 115 cm³/mol. The van der Waals surface area contributed by atoms with E-state index in [1.807, 2.05) is 42.5 Å². The molecule has 0 unspecified atom stereocenters. The first-order valence-electron chi connectivity index (χ1n) is 8.98. The summed E-state index contributed by atoms with van der Waals surface area (Å²) < 4.78 is 19.5. The molecule has 0 radical (unpaired) electrons. The van der Waals surface area contributed by atoms with E-state index in [1.54, 1.807) is 19.1 Å². The molecule has 0 saturated heterocycles. The number of fused-ring (bicyclic) bond motifs is 1. The molecule has 3 aromatic carbocycles. The van der Waals surface area contributed by atoms with E-state index in [4.69, 9.17) is 16.3 Å². The van der Waals surface area contributed by atoms with Crippen molar-refractivity contribution in [2.75, 3.05) is 12.3 Å². The largest absolute Gasteiger partial charge is 0.481 e. The third-order valence-corrected chi connectivity index (χ3v) is 5.60. The van der Waals surface area contributed by atoms with E-state index in [1.165, 1.54) is 17.8 Å². The van der Waals surface area contributed by atoms with E-state index in [2.05, 4.69) is 5.32 Å². The highest BCUT2D eigenvalue weighted by Crippen LogP contribution is 2.24. The van der Waals surface area contributed by atoms with Crippen molar-refractivity contribution < 1.29 is 13.9 Å². The first-order chi connectivity index (χ1) is 13.5. The van der Waals surface area contributed by atoms with Crippen LogP contribution in [0.1, 0.15) is 12.5 Å². The molecule has 0 heterocycles. The third kappa shape index (κ3) is 5.40. The molecule has 0 saturated carbocycles. The zero-order valence-corrected chi connectivity index (χ0v) is 17.0. The Morgan fingerprint density at radius 2 is 1.93 bits per heavy atom. The van der Waals surface area contributed by atoms with Crippen LogP contribution in [-0.2, 0) is 10.5 Å². The average Bonchev–Trinajstić information content (AvgIpc) is 2.69. The molecule has 6 heteroatoms. The van der Waals surface area contributed by atoms with Crippen molar-refractivity contribution in [3.63, 3.8) is 0 Å². The van der Waals surface area contributed by atoms with E-state index < -0.39 is 6.10 Å². The van der Waals surface area contributed by atoms with Crippen molar-refractivity contribution in [3.8, 4) is 5.75 Å². The van der Waals surface area contributed by atoms with Crippen LogP contribution in [0.5, 0.6) is 5.75 Å². The first kappa shape index (κ1) is 20.5. The second-order valence-electron chi connectivity index (χ2n) is 6.31. The lowest BCUT2D eigenvalue weighted by molar-refractivity contribution is -0.127. The minimum Gasteiger partial charge on any atom is -0.481 e. The fraction of sp³-hybridized carbons (Fsp3) is 0.227. The Balaban J connectivity index is 1.42. The summed E-state index contributed by atoms with van der Waals surface area (Å²) in [7, 11) is 0. The first-order valence-corrected chi connectivity index (χ1v) is 10.5. The van der Waals surface area contributed by atoms with Crippen LogP contribution in [0.25, 0.3) is 10.8 Å². The fourth-order valence-corrected chi connectivity index (χ4v) is 3.93. The molecule has 1 N–H and O–H groups in total. The number of hydrogen-bond acceptors (Lipinski definition) is 3. The van der Waals surface area contributed by atoms with Crippen molar-refractivity contribution >= 4 is 40.0 Å². The lowest BCUT2D eigenvalue weighted by atomic mass is 10.1. The molecule has 3 aromatic rings. The van der Waals surface area contributed by atoms with Crippen LogP contribution in [0, 0.1) is 5.82 Å². The van der Waals surface area contributed by atoms with Gasteiger partial charge in [0.25, 0.3) is 5.91 Å². The van der Waals surface area contributed by atoms with Crippen LogP contribution >= 0.6 is 23.4 Å². The van der Waals surface area contributed by atoms with Crippen LogP contribution in [-0.4, -0.2) is 24.3 Å². The summed E-state index contributed by atoms with van der Waals surface area (Å²) in [4.78, 5) is 12.2. The Labute approximate surface area is 173 Å². The predicted octanol–water partition coefficient (Wildman–Crippen LogP) is 5.45. The maximum absolute atomic E-state index is 13.7. The number of amides is 1. The molecule has 1 atom stereocenters. The minimum absolute atomic E-state index is 0.183. The Hall–Kier alpha value is -2.24. The summed E-state index contributed by atoms with van der Waals surface area (Å²) in [5, 5.41) is 5.46. The minimum atomic E-state index is -0.604. The molecule has 0 bridgehead atoms. The second-order valence-corrected chi connectivity index (χ2v) is 7.83. The highest BCUT2D eigenvalue weighted by Gasteiger charge is 2.14. The summed E-state index contributed by atoms with van der Waals surface area (Å²) in [5.74, 6) is 1.29. The molecular formula is C22H21ClFNO2S. The van der Waals surface area contributed by atoms with Crippen LogP contribution in [0.3, 0.4) is 0 Å². The zero-order valence-electron chi connectivity index (χ0n) is 15.5. The molecule has 1 amide bonds. The molecule has 3 rings (SSSR count). The quantitative estimate of drug-likeness (QED) is 0.495. The lowest BCUT2D eigenvalue weighted by Crippen LogP contribution is -2.37. The van der Waals surface area contributed by atoms with Crippen molar-refractivity contribution in [2.45, 2.75) is 18.8 Å². The van der Waals surface area contributed by atoms with Crippen LogP contribution in [0.4, 0.5) is 4.39 Å². The van der Waals surface area contributed by atoms with Gasteiger partial charge in [-0.05, 0) is 42.0 Å². The maximum atomic E-state index is 13.7. The maximum Gasteiger partial charge on any atom is 0.260 e. The molecular weight excluding hydrogens is 397 g/mol. The van der Waals surface area contributed by atoms with Crippen LogP contribution < -0.4 is 10.1 Å². The van der Waals surface area contributed by atoms with Gasteiger partial charge in [-0.2, -0.15) is 11.8 Å². The Morgan fingerprint density at radius 1 is 1.14 bits per heavy atom. The Bertz CT molecular complexity index is 946. The van der Waals surface area contributed by atoms with Crippen LogP contribution in [0.15, 0.2) is 60.7 Å². The van der Waals surface area contributed by atoms with E-state index >= 15 is 0 Å². The number of ether oxygens (including phenoxy) is 1. The lowest BCUT2D eigenvalue weighted by Gasteiger charge is -2.15. The van der Waals surface area contributed by atoms with Crippen molar-refractivity contribution in [1.29, 1.82) is 0 Å². The SMILES string of the molecule is C[C@H](Oc1ccc2ccccc2c1)C(=O)NCCSCc1c(F)cccc1Cl. The monoisotopic (exact) mass is 417 g/mol. The van der Waals surface area contributed by atoms with Crippen molar-refractivity contribution in [3.05, 3.63) is 77.1 Å². The van der Waals surface area contributed by atoms with Gasteiger partial charge in [-0.3, -0.25) is 4.79 Å². The molecule has 0 fully saturated rings. The number of thioether (sulfide) groups is 1. The zero-order chi connectivity index (χ0) is 19.9. The van der Waals surface area contributed by atoms with Crippen molar-refractivity contribution in [2.24, 2.45) is 0 Å².